The number of pyridine rings is 1. The van der Waals surface area contributed by atoms with Gasteiger partial charge in [0.25, 0.3) is 12.4 Å². The van der Waals surface area contributed by atoms with E-state index in [1.54, 1.807) is 12.1 Å². The van der Waals surface area contributed by atoms with Crippen LogP contribution in [0.2, 0.25) is 0 Å². The molecular formula is C33H46N4O5. The summed E-state index contributed by atoms with van der Waals surface area (Å²) >= 11 is 0. The molecule has 9 heteroatoms. The zero-order valence-corrected chi connectivity index (χ0v) is 25.5. The van der Waals surface area contributed by atoms with E-state index in [1.165, 1.54) is 12.8 Å². The third-order valence-corrected chi connectivity index (χ3v) is 7.70. The van der Waals surface area contributed by atoms with E-state index in [0.717, 1.165) is 81.0 Å². The molecule has 3 aromatic rings. The van der Waals surface area contributed by atoms with Crippen molar-refractivity contribution in [1.29, 1.82) is 0 Å². The Kier molecular flexibility index (Phi) is 12.5. The zero-order chi connectivity index (χ0) is 30.6. The van der Waals surface area contributed by atoms with E-state index >= 15 is 0 Å². The molecule has 1 aromatic carbocycles. The smallest absolute Gasteiger partial charge is 0.335 e. The van der Waals surface area contributed by atoms with Gasteiger partial charge >= 0.3 is 5.97 Å². The lowest BCUT2D eigenvalue weighted by Gasteiger charge is -2.24. The molecule has 1 aliphatic heterocycles. The first-order valence-electron chi connectivity index (χ1n) is 15.1. The monoisotopic (exact) mass is 578 g/mol. The molecule has 0 unspecified atom stereocenters. The summed E-state index contributed by atoms with van der Waals surface area (Å²) in [7, 11) is 0. The summed E-state index contributed by atoms with van der Waals surface area (Å²) in [5.41, 5.74) is 4.56. The predicted molar refractivity (Wildman–Crippen MR) is 165 cm³/mol. The zero-order valence-electron chi connectivity index (χ0n) is 25.5. The average molecular weight is 579 g/mol. The third kappa shape index (κ3) is 9.14. The highest BCUT2D eigenvalue weighted by molar-refractivity contribution is 5.94. The highest BCUT2D eigenvalue weighted by Gasteiger charge is 2.21. The van der Waals surface area contributed by atoms with Crippen molar-refractivity contribution in [2.24, 2.45) is 11.8 Å². The standard InChI is InChI=1S/C32H44N4O3.CH2O2/c1-23(2)15-20-35(21-16-24(3)4)31(37)27-13-14-29-33-30(25-9-11-26(12-10-25)32(38)39)28(36(29)22-27)8-7-19-34-17-5-6-18-34;2-1-3/h9-14,22-24H,5-8,15-21H2,1-4H3,(H,38,39);1H,(H,2,3). The maximum absolute atomic E-state index is 13.7. The fourth-order valence-electron chi connectivity index (χ4n) is 5.26. The van der Waals surface area contributed by atoms with Gasteiger partial charge in [0.15, 0.2) is 0 Å². The number of hydrogen-bond donors (Lipinski definition) is 2. The summed E-state index contributed by atoms with van der Waals surface area (Å²) < 4.78 is 2.08. The number of fused-ring (bicyclic) bond motifs is 1. The van der Waals surface area contributed by atoms with Crippen LogP contribution < -0.4 is 0 Å². The van der Waals surface area contributed by atoms with E-state index in [0.29, 0.717) is 17.4 Å². The first-order chi connectivity index (χ1) is 20.1. The molecular weight excluding hydrogens is 532 g/mol. The number of amides is 1. The molecule has 2 aromatic heterocycles. The molecule has 3 heterocycles. The number of carboxylic acid groups (broad SMARTS) is 2. The molecule has 228 valence electrons. The van der Waals surface area contributed by atoms with Crippen LogP contribution in [0, 0.1) is 11.8 Å². The maximum atomic E-state index is 13.7. The number of nitrogens with zero attached hydrogens (tertiary/aromatic N) is 4. The molecule has 1 fully saturated rings. The second-order valence-corrected chi connectivity index (χ2v) is 11.9. The number of carbonyl (C=O) groups excluding carboxylic acids is 1. The number of hydrogen-bond acceptors (Lipinski definition) is 5. The Hall–Kier alpha value is -3.72. The van der Waals surface area contributed by atoms with Crippen LogP contribution in [0.15, 0.2) is 42.6 Å². The Labute approximate surface area is 249 Å². The molecule has 0 saturated carbocycles. The van der Waals surface area contributed by atoms with Crippen molar-refractivity contribution in [2.75, 3.05) is 32.7 Å². The van der Waals surface area contributed by atoms with Gasteiger partial charge in [-0.15, -0.1) is 0 Å². The fourth-order valence-corrected chi connectivity index (χ4v) is 5.26. The van der Waals surface area contributed by atoms with Crippen molar-refractivity contribution >= 4 is 24.0 Å². The number of aromatic nitrogens is 2. The molecule has 0 bridgehead atoms. The van der Waals surface area contributed by atoms with E-state index < -0.39 is 5.97 Å². The van der Waals surface area contributed by atoms with Crippen LogP contribution in [0.4, 0.5) is 0 Å². The van der Waals surface area contributed by atoms with Gasteiger partial charge in [-0.2, -0.15) is 0 Å². The minimum Gasteiger partial charge on any atom is -0.483 e. The number of likely N-dealkylation sites (tertiary alicyclic amines) is 1. The quantitative estimate of drug-likeness (QED) is 0.240. The molecule has 1 saturated heterocycles. The van der Waals surface area contributed by atoms with Crippen molar-refractivity contribution in [3.63, 3.8) is 0 Å². The van der Waals surface area contributed by atoms with Crippen LogP contribution in [-0.4, -0.2) is 80.5 Å². The normalized spacial score (nSPS) is 13.4. The maximum Gasteiger partial charge on any atom is 0.335 e. The van der Waals surface area contributed by atoms with Crippen LogP contribution in [0.5, 0.6) is 0 Å². The van der Waals surface area contributed by atoms with Gasteiger partial charge in [0.2, 0.25) is 0 Å². The lowest BCUT2D eigenvalue weighted by Crippen LogP contribution is -2.34. The SMILES string of the molecule is CC(C)CCN(CCC(C)C)C(=O)c1ccc2nc(-c3ccc(C(=O)O)cc3)c(CCCN3CCCC3)n2c1.O=CO. The van der Waals surface area contributed by atoms with Crippen LogP contribution in [0.3, 0.4) is 0 Å². The Bertz CT molecular complexity index is 1300. The van der Waals surface area contributed by atoms with Crippen molar-refractivity contribution in [3.05, 3.63) is 59.4 Å². The Morgan fingerprint density at radius 3 is 2.07 bits per heavy atom. The topological polar surface area (TPSA) is 115 Å². The highest BCUT2D eigenvalue weighted by Crippen LogP contribution is 2.27. The first kappa shape index (κ1) is 32.8. The van der Waals surface area contributed by atoms with E-state index in [2.05, 4.69) is 37.0 Å². The largest absolute Gasteiger partial charge is 0.483 e. The summed E-state index contributed by atoms with van der Waals surface area (Å²) in [4.78, 5) is 42.9. The second kappa shape index (κ2) is 16.1. The van der Waals surface area contributed by atoms with E-state index in [4.69, 9.17) is 14.9 Å². The molecule has 4 rings (SSSR count). The molecule has 0 radical (unpaired) electrons. The minimum absolute atomic E-state index is 0.0716. The van der Waals surface area contributed by atoms with Crippen molar-refractivity contribution in [1.82, 2.24) is 19.2 Å². The first-order valence-corrected chi connectivity index (χ1v) is 15.1. The van der Waals surface area contributed by atoms with Crippen LogP contribution in [-0.2, 0) is 11.2 Å². The van der Waals surface area contributed by atoms with Gasteiger partial charge in [-0.05, 0) is 94.3 Å². The van der Waals surface area contributed by atoms with Gasteiger partial charge in [-0.1, -0.05) is 39.8 Å². The molecule has 2 N–H and O–H groups in total. The Morgan fingerprint density at radius 2 is 1.52 bits per heavy atom. The summed E-state index contributed by atoms with van der Waals surface area (Å²) in [6.45, 7) is 13.4. The van der Waals surface area contributed by atoms with Gasteiger partial charge in [0.1, 0.15) is 5.65 Å². The number of carboxylic acids is 1. The van der Waals surface area contributed by atoms with Gasteiger partial charge in [-0.25, -0.2) is 9.78 Å². The average Bonchev–Trinajstić information content (AvgIpc) is 3.61. The summed E-state index contributed by atoms with van der Waals surface area (Å²) in [6.07, 6.45) is 8.29. The van der Waals surface area contributed by atoms with E-state index in [-0.39, 0.29) is 17.9 Å². The lowest BCUT2D eigenvalue weighted by atomic mass is 10.1. The minimum atomic E-state index is -0.940. The van der Waals surface area contributed by atoms with Crippen LogP contribution >= 0.6 is 0 Å². The summed E-state index contributed by atoms with van der Waals surface area (Å²) in [6, 6.07) is 10.8. The van der Waals surface area contributed by atoms with Crippen molar-refractivity contribution < 1.29 is 24.6 Å². The molecule has 1 amide bonds. The molecule has 0 aliphatic carbocycles. The summed E-state index contributed by atoms with van der Waals surface area (Å²) in [5.74, 6) is 0.202. The van der Waals surface area contributed by atoms with Crippen LogP contribution in [0.1, 0.15) is 86.2 Å². The Balaban J connectivity index is 0.00000155. The molecule has 0 atom stereocenters. The number of imidazole rings is 1. The highest BCUT2D eigenvalue weighted by atomic mass is 16.4. The number of aryl methyl sites for hydroxylation is 1. The molecule has 42 heavy (non-hydrogen) atoms. The van der Waals surface area contributed by atoms with Gasteiger partial charge in [0.05, 0.1) is 22.5 Å². The van der Waals surface area contributed by atoms with Gasteiger partial charge in [0, 0.05) is 24.8 Å². The van der Waals surface area contributed by atoms with Gasteiger partial charge in [-0.3, -0.25) is 9.59 Å². The van der Waals surface area contributed by atoms with Crippen molar-refractivity contribution in [2.45, 2.75) is 66.2 Å². The fraction of sp³-hybridized carbons (Fsp3) is 0.515. The predicted octanol–water partition coefficient (Wildman–Crippen LogP) is 5.96. The lowest BCUT2D eigenvalue weighted by molar-refractivity contribution is -0.122. The van der Waals surface area contributed by atoms with E-state index in [1.807, 2.05) is 35.4 Å². The summed E-state index contributed by atoms with van der Waals surface area (Å²) in [5, 5.41) is 16.2. The second-order valence-electron chi connectivity index (χ2n) is 11.9. The van der Waals surface area contributed by atoms with Gasteiger partial charge < -0.3 is 24.4 Å². The molecule has 1 aliphatic rings. The van der Waals surface area contributed by atoms with E-state index in [9.17, 15) is 14.7 Å². The number of aromatic carboxylic acids is 1. The number of carbonyl (C=O) groups is 3. The third-order valence-electron chi connectivity index (χ3n) is 7.70. The van der Waals surface area contributed by atoms with Crippen molar-refractivity contribution in [3.8, 4) is 11.3 Å². The molecule has 0 spiro atoms. The number of rotatable bonds is 13. The number of benzene rings is 1. The molecule has 9 nitrogen and oxygen atoms in total. The Morgan fingerprint density at radius 1 is 0.952 bits per heavy atom. The van der Waals surface area contributed by atoms with Crippen LogP contribution in [0.25, 0.3) is 16.9 Å².